The Morgan fingerprint density at radius 1 is 1.31 bits per heavy atom. The van der Waals surface area contributed by atoms with E-state index in [0.29, 0.717) is 10.6 Å². The summed E-state index contributed by atoms with van der Waals surface area (Å²) in [5.41, 5.74) is 0. The molecule has 0 saturated heterocycles. The Morgan fingerprint density at radius 2 is 2.00 bits per heavy atom. The van der Waals surface area contributed by atoms with Gasteiger partial charge < -0.3 is 0 Å². The van der Waals surface area contributed by atoms with E-state index in [0.717, 1.165) is 28.6 Å². The van der Waals surface area contributed by atoms with Crippen LogP contribution in [-0.2, 0) is 0 Å². The SMILES string of the molecule is FC1(F)C=c2ccccc2=N[CH]1[Sn]. The van der Waals surface area contributed by atoms with Crippen LogP contribution in [-0.4, -0.2) is 32.5 Å². The third kappa shape index (κ3) is 1.61. The third-order valence-electron chi connectivity index (χ3n) is 1.92. The molecular formula is C9H6F2NSn. The average molecular weight is 285 g/mol. The first-order valence-electron chi connectivity index (χ1n) is 3.84. The van der Waals surface area contributed by atoms with Gasteiger partial charge in [-0.25, -0.2) is 0 Å². The Hall–Kier alpha value is -0.451. The van der Waals surface area contributed by atoms with Gasteiger partial charge in [0.15, 0.2) is 0 Å². The van der Waals surface area contributed by atoms with Gasteiger partial charge in [0.1, 0.15) is 0 Å². The van der Waals surface area contributed by atoms with Crippen LogP contribution in [0.25, 0.3) is 6.08 Å². The first-order valence-corrected chi connectivity index (χ1v) is 5.49. The first kappa shape index (κ1) is 9.12. The van der Waals surface area contributed by atoms with E-state index >= 15 is 0 Å². The standard InChI is InChI=1S/C9H6F2N.Sn/c10-9(11)5-7-3-1-2-4-8(7)12-6-9;/h1-6H;. The maximum atomic E-state index is 13.1. The summed E-state index contributed by atoms with van der Waals surface area (Å²) in [6, 6.07) is 6.97. The molecule has 0 aromatic heterocycles. The van der Waals surface area contributed by atoms with Crippen molar-refractivity contribution in [1.29, 1.82) is 0 Å². The van der Waals surface area contributed by atoms with E-state index in [2.05, 4.69) is 4.99 Å². The van der Waals surface area contributed by atoms with Gasteiger partial charge in [0.2, 0.25) is 0 Å². The van der Waals surface area contributed by atoms with Crippen molar-refractivity contribution in [2.24, 2.45) is 4.99 Å². The normalized spacial score (nSPS) is 24.1. The van der Waals surface area contributed by atoms with Gasteiger partial charge in [-0.05, 0) is 0 Å². The Morgan fingerprint density at radius 3 is 2.77 bits per heavy atom. The molecule has 0 bridgehead atoms. The molecule has 13 heavy (non-hydrogen) atoms. The number of hydrogen-bond donors (Lipinski definition) is 0. The quantitative estimate of drug-likeness (QED) is 0.605. The molecule has 0 N–H and O–H groups in total. The Kier molecular flexibility index (Phi) is 2.13. The van der Waals surface area contributed by atoms with E-state index in [9.17, 15) is 8.78 Å². The summed E-state index contributed by atoms with van der Waals surface area (Å²) in [5, 5.41) is 1.21. The van der Waals surface area contributed by atoms with Crippen molar-refractivity contribution in [3.8, 4) is 0 Å². The molecule has 1 unspecified atom stereocenters. The molecule has 0 aliphatic carbocycles. The van der Waals surface area contributed by atoms with Crippen molar-refractivity contribution < 1.29 is 8.78 Å². The molecule has 65 valence electrons. The molecule has 0 spiro atoms. The number of hydrogen-bond acceptors (Lipinski definition) is 1. The number of nitrogens with zero attached hydrogens (tertiary/aromatic N) is 1. The Bertz CT molecular complexity index is 441. The first-order chi connectivity index (χ1) is 6.09. The van der Waals surface area contributed by atoms with Crippen LogP contribution in [0.1, 0.15) is 0 Å². The van der Waals surface area contributed by atoms with Gasteiger partial charge in [-0.2, -0.15) is 0 Å². The van der Waals surface area contributed by atoms with E-state index in [4.69, 9.17) is 0 Å². The second-order valence-electron chi connectivity index (χ2n) is 2.91. The molecule has 4 heteroatoms. The van der Waals surface area contributed by atoms with Gasteiger partial charge in [-0.15, -0.1) is 0 Å². The molecule has 1 aliphatic heterocycles. The molecule has 1 heterocycles. The molecule has 1 nitrogen and oxygen atoms in total. The molecule has 1 aromatic rings. The fourth-order valence-electron chi connectivity index (χ4n) is 1.24. The second-order valence-corrected chi connectivity index (χ2v) is 4.47. The molecule has 0 saturated carbocycles. The number of fused-ring (bicyclic) bond motifs is 1. The average Bonchev–Trinajstić information content (AvgIpc) is 2.06. The molecule has 1 atom stereocenters. The van der Waals surface area contributed by atoms with Gasteiger partial charge in [0, 0.05) is 0 Å². The minimum atomic E-state index is -2.77. The van der Waals surface area contributed by atoms with E-state index in [-0.39, 0.29) is 0 Å². The third-order valence-corrected chi connectivity index (χ3v) is 3.38. The van der Waals surface area contributed by atoms with E-state index in [1.165, 1.54) is 0 Å². The van der Waals surface area contributed by atoms with Crippen LogP contribution in [0.5, 0.6) is 0 Å². The summed E-state index contributed by atoms with van der Waals surface area (Å²) in [4.78, 5) is 3.96. The van der Waals surface area contributed by atoms with Gasteiger partial charge in [-0.3, -0.25) is 0 Å². The topological polar surface area (TPSA) is 12.4 Å². The van der Waals surface area contributed by atoms with Crippen molar-refractivity contribution in [1.82, 2.24) is 0 Å². The predicted octanol–water partition coefficient (Wildman–Crippen LogP) is 0.230. The number of para-hydroxylation sites is 1. The monoisotopic (exact) mass is 286 g/mol. The van der Waals surface area contributed by atoms with Crippen molar-refractivity contribution in [3.63, 3.8) is 0 Å². The Labute approximate surface area is 87.3 Å². The number of halogens is 2. The molecular weight excluding hydrogens is 279 g/mol. The number of benzene rings is 1. The van der Waals surface area contributed by atoms with Crippen LogP contribution >= 0.6 is 0 Å². The molecule has 0 amide bonds. The Balaban J connectivity index is 2.74. The maximum absolute atomic E-state index is 13.1. The van der Waals surface area contributed by atoms with Crippen LogP contribution < -0.4 is 10.6 Å². The molecule has 3 radical (unpaired) electrons. The number of alkyl halides is 2. The fraction of sp³-hybridized carbons (Fsp3) is 0.222. The summed E-state index contributed by atoms with van der Waals surface area (Å²) in [5.74, 6) is -2.77. The van der Waals surface area contributed by atoms with Crippen molar-refractivity contribution in [3.05, 3.63) is 34.8 Å². The van der Waals surface area contributed by atoms with Crippen LogP contribution in [0, 0.1) is 0 Å². The van der Waals surface area contributed by atoms with Gasteiger partial charge >= 0.3 is 87.2 Å². The van der Waals surface area contributed by atoms with Crippen molar-refractivity contribution in [2.75, 3.05) is 0 Å². The van der Waals surface area contributed by atoms with Crippen LogP contribution in [0.2, 0.25) is 0 Å². The summed E-state index contributed by atoms with van der Waals surface area (Å²) in [6.45, 7) is 0. The molecule has 2 rings (SSSR count). The van der Waals surface area contributed by atoms with Crippen LogP contribution in [0.4, 0.5) is 8.78 Å². The van der Waals surface area contributed by atoms with E-state index < -0.39 is 9.98 Å². The van der Waals surface area contributed by atoms with E-state index in [1.807, 2.05) is 6.07 Å². The van der Waals surface area contributed by atoms with Gasteiger partial charge in [0.05, 0.1) is 0 Å². The molecule has 1 aromatic carbocycles. The zero-order chi connectivity index (χ0) is 9.47. The van der Waals surface area contributed by atoms with E-state index in [1.54, 1.807) is 18.2 Å². The van der Waals surface area contributed by atoms with Gasteiger partial charge in [-0.1, -0.05) is 0 Å². The zero-order valence-electron chi connectivity index (χ0n) is 6.67. The van der Waals surface area contributed by atoms with Crippen molar-refractivity contribution in [2.45, 2.75) is 9.98 Å². The van der Waals surface area contributed by atoms with Crippen LogP contribution in [0.15, 0.2) is 29.3 Å². The molecule has 1 aliphatic rings. The van der Waals surface area contributed by atoms with Crippen molar-refractivity contribution >= 4 is 28.6 Å². The summed E-state index contributed by atoms with van der Waals surface area (Å²) >= 11 is 0.747. The molecule has 0 fully saturated rings. The minimum absolute atomic E-state index is 0.533. The summed E-state index contributed by atoms with van der Waals surface area (Å²) in [6.07, 6.45) is 1.01. The number of rotatable bonds is 0. The predicted molar refractivity (Wildman–Crippen MR) is 46.2 cm³/mol. The summed E-state index contributed by atoms with van der Waals surface area (Å²) < 4.78 is 25.4. The van der Waals surface area contributed by atoms with Crippen LogP contribution in [0.3, 0.4) is 0 Å². The fourth-order valence-corrected chi connectivity index (χ4v) is 1.87. The van der Waals surface area contributed by atoms with Gasteiger partial charge in [0.25, 0.3) is 0 Å². The zero-order valence-corrected chi connectivity index (χ0v) is 9.52. The second kappa shape index (κ2) is 3.04. The summed E-state index contributed by atoms with van der Waals surface area (Å²) in [7, 11) is 0.